The monoisotopic (exact) mass is 517 g/mol. The van der Waals surface area contributed by atoms with Gasteiger partial charge in [0, 0.05) is 31.2 Å². The van der Waals surface area contributed by atoms with Crippen molar-refractivity contribution in [3.05, 3.63) is 35.9 Å². The van der Waals surface area contributed by atoms with Crippen LogP contribution in [-0.2, 0) is 0 Å². The van der Waals surface area contributed by atoms with Crippen molar-refractivity contribution in [3.8, 4) is 0 Å². The minimum atomic E-state index is -0.0567. The second-order valence-corrected chi connectivity index (χ2v) is 8.30. The number of guanidine groups is 1. The lowest BCUT2D eigenvalue weighted by atomic mass is 10.0. The van der Waals surface area contributed by atoms with Gasteiger partial charge in [-0.1, -0.05) is 44.2 Å². The van der Waals surface area contributed by atoms with Gasteiger partial charge in [-0.25, -0.2) is 0 Å². The standard InChI is InChI=1S/C23H43N5.HI/c1-8-28(9-2)17-13-14-19(3)26-22(24-7)25-18-23(5,6)27-20(4)21-15-11-10-12-16-21;/h10-12,15-16,19-20,27H,8-9,13-14,17-18H2,1-7H3,(H2,24,25,26);1H. The third-order valence-electron chi connectivity index (χ3n) is 5.22. The van der Waals surface area contributed by atoms with Crippen molar-refractivity contribution < 1.29 is 0 Å². The molecule has 2 atom stereocenters. The van der Waals surface area contributed by atoms with Crippen LogP contribution in [0, 0.1) is 0 Å². The molecule has 0 heterocycles. The fourth-order valence-electron chi connectivity index (χ4n) is 3.43. The van der Waals surface area contributed by atoms with E-state index < -0.39 is 0 Å². The number of aliphatic imine (C=N–C) groups is 1. The Kier molecular flexibility index (Phi) is 14.6. The molecule has 0 aliphatic carbocycles. The quantitative estimate of drug-likeness (QED) is 0.219. The molecule has 0 aliphatic rings. The van der Waals surface area contributed by atoms with Gasteiger partial charge >= 0.3 is 0 Å². The minimum absolute atomic E-state index is 0. The second-order valence-electron chi connectivity index (χ2n) is 8.30. The summed E-state index contributed by atoms with van der Waals surface area (Å²) in [6.45, 7) is 17.6. The van der Waals surface area contributed by atoms with Gasteiger partial charge in [0.25, 0.3) is 0 Å². The normalized spacial score (nSPS) is 14.3. The Morgan fingerprint density at radius 2 is 1.72 bits per heavy atom. The molecule has 29 heavy (non-hydrogen) atoms. The molecule has 0 amide bonds. The first kappa shape index (κ1) is 28.1. The zero-order valence-corrected chi connectivity index (χ0v) is 21.9. The van der Waals surface area contributed by atoms with Crippen LogP contribution in [0.2, 0.25) is 0 Å². The number of rotatable bonds is 12. The van der Waals surface area contributed by atoms with E-state index in [0.29, 0.717) is 12.1 Å². The topological polar surface area (TPSA) is 51.7 Å². The van der Waals surface area contributed by atoms with Crippen LogP contribution in [0.5, 0.6) is 0 Å². The lowest BCUT2D eigenvalue weighted by molar-refractivity contribution is 0.292. The summed E-state index contributed by atoms with van der Waals surface area (Å²) in [5, 5.41) is 10.7. The summed E-state index contributed by atoms with van der Waals surface area (Å²) in [7, 11) is 1.84. The van der Waals surface area contributed by atoms with Crippen LogP contribution in [0.4, 0.5) is 0 Å². The highest BCUT2D eigenvalue weighted by Crippen LogP contribution is 2.15. The molecule has 6 heteroatoms. The zero-order valence-electron chi connectivity index (χ0n) is 19.6. The number of hydrogen-bond donors (Lipinski definition) is 3. The van der Waals surface area contributed by atoms with Crippen molar-refractivity contribution in [2.75, 3.05) is 33.2 Å². The lowest BCUT2D eigenvalue weighted by Crippen LogP contribution is -2.53. The summed E-state index contributed by atoms with van der Waals surface area (Å²) in [4.78, 5) is 6.87. The van der Waals surface area contributed by atoms with Crippen LogP contribution in [0.1, 0.15) is 66.0 Å². The average Bonchev–Trinajstić information content (AvgIpc) is 2.68. The molecule has 0 aromatic heterocycles. The van der Waals surface area contributed by atoms with E-state index in [1.54, 1.807) is 0 Å². The van der Waals surface area contributed by atoms with Gasteiger partial charge < -0.3 is 20.9 Å². The predicted molar refractivity (Wildman–Crippen MR) is 138 cm³/mol. The SMILES string of the molecule is CCN(CC)CCCC(C)NC(=NC)NCC(C)(C)NC(C)c1ccccc1.I. The van der Waals surface area contributed by atoms with Gasteiger partial charge in [0.15, 0.2) is 5.96 Å². The molecule has 0 bridgehead atoms. The van der Waals surface area contributed by atoms with Crippen molar-refractivity contribution in [3.63, 3.8) is 0 Å². The molecule has 2 unspecified atom stereocenters. The van der Waals surface area contributed by atoms with E-state index in [0.717, 1.165) is 32.0 Å². The van der Waals surface area contributed by atoms with Crippen LogP contribution in [0.3, 0.4) is 0 Å². The summed E-state index contributed by atoms with van der Waals surface area (Å²) in [6, 6.07) is 11.3. The van der Waals surface area contributed by atoms with Gasteiger partial charge in [0.05, 0.1) is 0 Å². The molecule has 0 aliphatic heterocycles. The van der Waals surface area contributed by atoms with Gasteiger partial charge in [0.2, 0.25) is 0 Å². The third kappa shape index (κ3) is 11.8. The van der Waals surface area contributed by atoms with Crippen molar-refractivity contribution in [2.45, 2.75) is 72.0 Å². The molecule has 0 radical (unpaired) electrons. The number of halogens is 1. The maximum absolute atomic E-state index is 4.40. The maximum Gasteiger partial charge on any atom is 0.191 e. The average molecular weight is 518 g/mol. The first-order valence-corrected chi connectivity index (χ1v) is 10.8. The van der Waals surface area contributed by atoms with E-state index in [-0.39, 0.29) is 29.5 Å². The molecule has 1 rings (SSSR count). The Morgan fingerprint density at radius 3 is 2.28 bits per heavy atom. The Hall–Kier alpha value is -0.860. The molecule has 0 saturated carbocycles. The van der Waals surface area contributed by atoms with Crippen molar-refractivity contribution in [1.29, 1.82) is 0 Å². The summed E-state index contributed by atoms with van der Waals surface area (Å²) < 4.78 is 0. The molecule has 5 nitrogen and oxygen atoms in total. The zero-order chi connectivity index (χ0) is 21.0. The number of hydrogen-bond acceptors (Lipinski definition) is 3. The Balaban J connectivity index is 0.00000784. The van der Waals surface area contributed by atoms with Crippen LogP contribution >= 0.6 is 24.0 Å². The van der Waals surface area contributed by atoms with Gasteiger partial charge in [-0.2, -0.15) is 0 Å². The second kappa shape index (κ2) is 15.0. The minimum Gasteiger partial charge on any atom is -0.355 e. The molecule has 168 valence electrons. The highest BCUT2D eigenvalue weighted by Gasteiger charge is 2.21. The third-order valence-corrected chi connectivity index (χ3v) is 5.22. The first-order valence-electron chi connectivity index (χ1n) is 10.8. The van der Waals surface area contributed by atoms with Crippen LogP contribution in [0.15, 0.2) is 35.3 Å². The summed E-state index contributed by atoms with van der Waals surface area (Å²) in [5.74, 6) is 0.873. The van der Waals surface area contributed by atoms with Crippen molar-refractivity contribution >= 4 is 29.9 Å². The van der Waals surface area contributed by atoms with Gasteiger partial charge in [-0.15, -0.1) is 24.0 Å². The maximum atomic E-state index is 4.40. The number of nitrogens with zero attached hydrogens (tertiary/aromatic N) is 2. The molecular formula is C23H44IN5. The first-order chi connectivity index (χ1) is 13.3. The fourth-order valence-corrected chi connectivity index (χ4v) is 3.43. The smallest absolute Gasteiger partial charge is 0.191 e. The van der Waals surface area contributed by atoms with Gasteiger partial charge in [-0.3, -0.25) is 4.99 Å². The molecule has 0 saturated heterocycles. The molecule has 1 aromatic carbocycles. The van der Waals surface area contributed by atoms with E-state index in [4.69, 9.17) is 0 Å². The van der Waals surface area contributed by atoms with Gasteiger partial charge in [-0.05, 0) is 65.7 Å². The van der Waals surface area contributed by atoms with Crippen LogP contribution < -0.4 is 16.0 Å². The van der Waals surface area contributed by atoms with E-state index in [2.05, 4.69) is 97.7 Å². The molecule has 3 N–H and O–H groups in total. The Bertz CT molecular complexity index is 558. The Morgan fingerprint density at radius 1 is 1.10 bits per heavy atom. The lowest BCUT2D eigenvalue weighted by Gasteiger charge is -2.32. The number of nitrogens with one attached hydrogen (secondary N) is 3. The number of benzene rings is 1. The molecule has 1 aromatic rings. The molecule has 0 spiro atoms. The molecule has 0 fully saturated rings. The van der Waals surface area contributed by atoms with Crippen LogP contribution in [0.25, 0.3) is 0 Å². The van der Waals surface area contributed by atoms with E-state index >= 15 is 0 Å². The van der Waals surface area contributed by atoms with E-state index in [1.165, 1.54) is 18.5 Å². The Labute approximate surface area is 196 Å². The largest absolute Gasteiger partial charge is 0.355 e. The van der Waals surface area contributed by atoms with E-state index in [1.807, 2.05) is 7.05 Å². The summed E-state index contributed by atoms with van der Waals surface area (Å²) in [6.07, 6.45) is 2.35. The van der Waals surface area contributed by atoms with Crippen molar-refractivity contribution in [2.24, 2.45) is 4.99 Å². The highest BCUT2D eigenvalue weighted by molar-refractivity contribution is 14.0. The predicted octanol–water partition coefficient (Wildman–Crippen LogP) is 4.41. The van der Waals surface area contributed by atoms with Crippen molar-refractivity contribution in [1.82, 2.24) is 20.9 Å². The fraction of sp³-hybridized carbons (Fsp3) is 0.696. The van der Waals surface area contributed by atoms with Crippen LogP contribution in [-0.4, -0.2) is 55.7 Å². The summed E-state index contributed by atoms with van der Waals surface area (Å²) in [5.41, 5.74) is 1.25. The molecular weight excluding hydrogens is 473 g/mol. The highest BCUT2D eigenvalue weighted by atomic mass is 127. The van der Waals surface area contributed by atoms with Gasteiger partial charge in [0.1, 0.15) is 0 Å². The van der Waals surface area contributed by atoms with E-state index in [9.17, 15) is 0 Å². The summed E-state index contributed by atoms with van der Waals surface area (Å²) >= 11 is 0.